The monoisotopic (exact) mass is 829 g/mol. The van der Waals surface area contributed by atoms with Crippen molar-refractivity contribution < 1.29 is 49.0 Å². The summed E-state index contributed by atoms with van der Waals surface area (Å²) in [5.74, 6) is -0.787. The number of hydrogen-bond donors (Lipinski definition) is 4. The van der Waals surface area contributed by atoms with Crippen LogP contribution in [-0.2, 0) is 28.5 Å². The molecule has 1 rings (SSSR count). The lowest BCUT2D eigenvalue weighted by molar-refractivity contribution is -0.305. The van der Waals surface area contributed by atoms with Gasteiger partial charge in [0, 0.05) is 12.8 Å². The number of rotatable bonds is 42. The molecule has 10 heteroatoms. The molecule has 0 aromatic heterocycles. The topological polar surface area (TPSA) is 152 Å². The molecule has 344 valence electrons. The maximum absolute atomic E-state index is 12.8. The molecule has 0 spiro atoms. The minimum atomic E-state index is -1.59. The van der Waals surface area contributed by atoms with Crippen LogP contribution < -0.4 is 0 Å². The van der Waals surface area contributed by atoms with Gasteiger partial charge >= 0.3 is 11.9 Å². The Bertz CT molecular complexity index is 917. The predicted molar refractivity (Wildman–Crippen MR) is 234 cm³/mol. The minimum absolute atomic E-state index is 0.208. The number of aliphatic hydroxyl groups is 4. The van der Waals surface area contributed by atoms with Gasteiger partial charge in [0.15, 0.2) is 12.4 Å². The average Bonchev–Trinajstić information content (AvgIpc) is 3.22. The van der Waals surface area contributed by atoms with E-state index in [0.717, 1.165) is 38.5 Å². The predicted octanol–water partition coefficient (Wildman–Crippen LogP) is 11.0. The fourth-order valence-corrected chi connectivity index (χ4v) is 7.84. The van der Waals surface area contributed by atoms with Crippen LogP contribution in [0.5, 0.6) is 0 Å². The van der Waals surface area contributed by atoms with Crippen molar-refractivity contribution >= 4 is 11.9 Å². The zero-order valence-corrected chi connectivity index (χ0v) is 37.6. The van der Waals surface area contributed by atoms with Gasteiger partial charge in [0.05, 0.1) is 13.2 Å². The van der Waals surface area contributed by atoms with E-state index in [1.54, 1.807) is 0 Å². The van der Waals surface area contributed by atoms with Crippen LogP contribution in [0.1, 0.15) is 239 Å². The lowest BCUT2D eigenvalue weighted by Crippen LogP contribution is -2.59. The molecule has 1 fully saturated rings. The van der Waals surface area contributed by atoms with E-state index in [2.05, 4.69) is 13.8 Å². The van der Waals surface area contributed by atoms with Gasteiger partial charge in [-0.25, -0.2) is 0 Å². The Balaban J connectivity index is 2.27. The SMILES string of the molecule is CCCCCCCCCCCCCCCCCCCC(=O)OC(COC(=O)CCCCCCCCCCCCCCCCCC)COC1OC(CO)C(O)C(O)C1O. The Hall–Kier alpha value is -1.30. The zero-order chi connectivity index (χ0) is 42.3. The Morgan fingerprint density at radius 3 is 1.17 bits per heavy atom. The van der Waals surface area contributed by atoms with E-state index in [9.17, 15) is 30.0 Å². The smallest absolute Gasteiger partial charge is 0.306 e. The summed E-state index contributed by atoms with van der Waals surface area (Å²) < 4.78 is 22.2. The molecule has 1 aliphatic heterocycles. The summed E-state index contributed by atoms with van der Waals surface area (Å²) in [6.45, 7) is 3.47. The molecular formula is C48H92O10. The molecule has 0 aliphatic carbocycles. The Labute approximate surface area is 355 Å². The van der Waals surface area contributed by atoms with Crippen LogP contribution >= 0.6 is 0 Å². The van der Waals surface area contributed by atoms with Gasteiger partial charge in [-0.1, -0.05) is 213 Å². The summed E-state index contributed by atoms with van der Waals surface area (Å²) in [5, 5.41) is 40.1. The molecule has 0 radical (unpaired) electrons. The van der Waals surface area contributed by atoms with Gasteiger partial charge in [0.2, 0.25) is 0 Å². The van der Waals surface area contributed by atoms with Crippen LogP contribution in [0.2, 0.25) is 0 Å². The van der Waals surface area contributed by atoms with E-state index in [-0.39, 0.29) is 32.0 Å². The fraction of sp³-hybridized carbons (Fsp3) is 0.958. The number of ether oxygens (including phenoxy) is 4. The molecule has 6 atom stereocenters. The first-order valence-electron chi connectivity index (χ1n) is 24.6. The lowest BCUT2D eigenvalue weighted by atomic mass is 9.99. The number of aliphatic hydroxyl groups excluding tert-OH is 4. The molecule has 1 heterocycles. The van der Waals surface area contributed by atoms with Gasteiger partial charge in [-0.15, -0.1) is 0 Å². The Morgan fingerprint density at radius 2 is 0.810 bits per heavy atom. The maximum Gasteiger partial charge on any atom is 0.306 e. The molecule has 0 saturated carbocycles. The maximum atomic E-state index is 12.8. The number of unbranched alkanes of at least 4 members (excludes halogenated alkanes) is 31. The molecule has 1 aliphatic rings. The molecule has 0 amide bonds. The molecule has 10 nitrogen and oxygen atoms in total. The molecule has 6 unspecified atom stereocenters. The average molecular weight is 829 g/mol. The third kappa shape index (κ3) is 30.7. The molecule has 0 aromatic carbocycles. The van der Waals surface area contributed by atoms with Crippen LogP contribution in [0.15, 0.2) is 0 Å². The second-order valence-corrected chi connectivity index (χ2v) is 17.3. The first-order valence-corrected chi connectivity index (χ1v) is 24.6. The summed E-state index contributed by atoms with van der Waals surface area (Å²) in [7, 11) is 0. The van der Waals surface area contributed by atoms with Gasteiger partial charge < -0.3 is 39.4 Å². The molecule has 0 aromatic rings. The second-order valence-electron chi connectivity index (χ2n) is 17.3. The van der Waals surface area contributed by atoms with Crippen LogP contribution in [0, 0.1) is 0 Å². The molecular weight excluding hydrogens is 737 g/mol. The molecule has 0 bridgehead atoms. The van der Waals surface area contributed by atoms with Crippen molar-refractivity contribution in [3.63, 3.8) is 0 Å². The van der Waals surface area contributed by atoms with Gasteiger partial charge in [-0.2, -0.15) is 0 Å². The Kier molecular flexibility index (Phi) is 37.6. The van der Waals surface area contributed by atoms with Crippen molar-refractivity contribution in [1.82, 2.24) is 0 Å². The van der Waals surface area contributed by atoms with Crippen molar-refractivity contribution in [2.24, 2.45) is 0 Å². The molecule has 1 saturated heterocycles. The van der Waals surface area contributed by atoms with Crippen LogP contribution in [-0.4, -0.2) is 89.0 Å². The van der Waals surface area contributed by atoms with Gasteiger partial charge in [0.25, 0.3) is 0 Å². The van der Waals surface area contributed by atoms with Crippen molar-refractivity contribution in [1.29, 1.82) is 0 Å². The third-order valence-electron chi connectivity index (χ3n) is 11.7. The normalized spacial score (nSPS) is 20.0. The van der Waals surface area contributed by atoms with E-state index < -0.39 is 49.4 Å². The first-order chi connectivity index (χ1) is 28.3. The van der Waals surface area contributed by atoms with Gasteiger partial charge in [-0.05, 0) is 12.8 Å². The summed E-state index contributed by atoms with van der Waals surface area (Å²) in [4.78, 5) is 25.4. The van der Waals surface area contributed by atoms with Crippen molar-refractivity contribution in [3.8, 4) is 0 Å². The summed E-state index contributed by atoms with van der Waals surface area (Å²) >= 11 is 0. The highest BCUT2D eigenvalue weighted by Gasteiger charge is 2.44. The van der Waals surface area contributed by atoms with Gasteiger partial charge in [-0.3, -0.25) is 9.59 Å². The first kappa shape index (κ1) is 54.7. The van der Waals surface area contributed by atoms with E-state index in [0.29, 0.717) is 6.42 Å². The summed E-state index contributed by atoms with van der Waals surface area (Å²) in [6, 6.07) is 0. The quantitative estimate of drug-likeness (QED) is 0.0346. The van der Waals surface area contributed by atoms with Crippen LogP contribution in [0.25, 0.3) is 0 Å². The number of esters is 2. The third-order valence-corrected chi connectivity index (χ3v) is 11.7. The highest BCUT2D eigenvalue weighted by atomic mass is 16.7. The van der Waals surface area contributed by atoms with E-state index in [1.165, 1.54) is 167 Å². The van der Waals surface area contributed by atoms with Gasteiger partial charge in [0.1, 0.15) is 31.0 Å². The molecule has 58 heavy (non-hydrogen) atoms. The summed E-state index contributed by atoms with van der Waals surface area (Å²) in [6.07, 6.45) is 33.9. The van der Waals surface area contributed by atoms with E-state index in [4.69, 9.17) is 18.9 Å². The fourth-order valence-electron chi connectivity index (χ4n) is 7.84. The Morgan fingerprint density at radius 1 is 0.466 bits per heavy atom. The highest BCUT2D eigenvalue weighted by Crippen LogP contribution is 2.23. The van der Waals surface area contributed by atoms with Crippen LogP contribution in [0.3, 0.4) is 0 Å². The number of carbonyl (C=O) groups excluding carboxylic acids is 2. The highest BCUT2D eigenvalue weighted by molar-refractivity contribution is 5.70. The van der Waals surface area contributed by atoms with E-state index >= 15 is 0 Å². The number of hydrogen-bond acceptors (Lipinski definition) is 10. The van der Waals surface area contributed by atoms with Crippen LogP contribution in [0.4, 0.5) is 0 Å². The van der Waals surface area contributed by atoms with E-state index in [1.807, 2.05) is 0 Å². The zero-order valence-electron chi connectivity index (χ0n) is 37.6. The second kappa shape index (κ2) is 39.8. The number of carbonyl (C=O) groups is 2. The summed E-state index contributed by atoms with van der Waals surface area (Å²) in [5.41, 5.74) is 0. The minimum Gasteiger partial charge on any atom is -0.462 e. The molecule has 4 N–H and O–H groups in total. The van der Waals surface area contributed by atoms with Crippen molar-refractivity contribution in [2.45, 2.75) is 275 Å². The largest absolute Gasteiger partial charge is 0.462 e. The lowest BCUT2D eigenvalue weighted by Gasteiger charge is -2.39. The standard InChI is InChI=1S/C48H92O10/c1-3-5-7-9-11-13-15-17-19-21-23-25-27-29-31-33-35-37-44(51)57-41(40-56-48-47(54)46(53)45(52)42(38-49)58-48)39-55-43(50)36-34-32-30-28-26-24-22-20-18-16-14-12-10-8-6-4-2/h41-42,45-49,52-54H,3-40H2,1-2H3. The van der Waals surface area contributed by atoms with Crippen molar-refractivity contribution in [2.75, 3.05) is 19.8 Å². The van der Waals surface area contributed by atoms with Crippen molar-refractivity contribution in [3.05, 3.63) is 0 Å².